The maximum Gasteiger partial charge on any atom is 0.326 e. The van der Waals surface area contributed by atoms with Gasteiger partial charge in [0, 0.05) is 32.4 Å². The Balaban J connectivity index is 1.24. The third-order valence-electron chi connectivity index (χ3n) is 12.4. The van der Waals surface area contributed by atoms with Gasteiger partial charge in [0.25, 0.3) is 0 Å². The van der Waals surface area contributed by atoms with E-state index in [9.17, 15) is 53.4 Å². The van der Waals surface area contributed by atoms with Crippen molar-refractivity contribution in [3.8, 4) is 0 Å². The van der Waals surface area contributed by atoms with Crippen LogP contribution in [0, 0.1) is 0 Å². The van der Waals surface area contributed by atoms with E-state index in [0.29, 0.717) is 43.4 Å². The lowest BCUT2D eigenvalue weighted by Gasteiger charge is -2.32. The highest BCUT2D eigenvalue weighted by Crippen LogP contribution is 2.25. The van der Waals surface area contributed by atoms with Gasteiger partial charge in [0.1, 0.15) is 36.3 Å². The van der Waals surface area contributed by atoms with Gasteiger partial charge in [-0.05, 0) is 81.0 Å². The lowest BCUT2D eigenvalue weighted by atomic mass is 10.0. The number of rotatable bonds is 26. The van der Waals surface area contributed by atoms with E-state index >= 15 is 0 Å². The van der Waals surface area contributed by atoms with Gasteiger partial charge in [-0.2, -0.15) is 0 Å². The number of nitrogens with zero attached hydrogens (tertiary/aromatic N) is 2. The van der Waals surface area contributed by atoms with E-state index in [-0.39, 0.29) is 58.0 Å². The maximum absolute atomic E-state index is 14.3. The zero-order valence-electron chi connectivity index (χ0n) is 39.1. The Morgan fingerprint density at radius 3 is 1.64 bits per heavy atom. The van der Waals surface area contributed by atoms with Crippen molar-refractivity contribution < 1.29 is 53.4 Å². The molecule has 376 valence electrons. The first kappa shape index (κ1) is 53.8. The summed E-state index contributed by atoms with van der Waals surface area (Å²) >= 11 is 0. The van der Waals surface area contributed by atoms with E-state index in [0.717, 1.165) is 5.56 Å². The van der Waals surface area contributed by atoms with Crippen LogP contribution in [0.25, 0.3) is 0 Å². The summed E-state index contributed by atoms with van der Waals surface area (Å²) in [6.45, 7) is 0.135. The Bertz CT molecular complexity index is 2270. The number of unbranched alkanes of at least 4 members (excludes halogenated alkanes) is 1. The molecule has 0 saturated carbocycles. The highest BCUT2D eigenvalue weighted by atomic mass is 16.4. The quantitative estimate of drug-likeness (QED) is 0.0485. The van der Waals surface area contributed by atoms with Crippen molar-refractivity contribution in [1.29, 1.82) is 0 Å². The number of likely N-dealkylation sites (tertiary alicyclic amines) is 2. The summed E-state index contributed by atoms with van der Waals surface area (Å²) in [5.41, 5.74) is 14.0. The van der Waals surface area contributed by atoms with Gasteiger partial charge in [-0.25, -0.2) is 4.79 Å². The monoisotopic (exact) mass is 967 g/mol. The number of carboxylic acids is 2. The molecule has 0 unspecified atom stereocenters. The molecule has 7 amide bonds. The number of carboxylic acid groups (broad SMARTS) is 2. The third kappa shape index (κ3) is 16.2. The fourth-order valence-corrected chi connectivity index (χ4v) is 8.66. The van der Waals surface area contributed by atoms with E-state index in [2.05, 4.69) is 26.6 Å². The van der Waals surface area contributed by atoms with Crippen LogP contribution in [-0.2, 0) is 62.4 Å². The third-order valence-corrected chi connectivity index (χ3v) is 12.4. The Hall–Kier alpha value is -7.19. The van der Waals surface area contributed by atoms with Crippen molar-refractivity contribution in [3.63, 3.8) is 0 Å². The molecule has 2 heterocycles. The number of carbonyl (C=O) groups is 9. The fraction of sp³-hybridized carbons (Fsp3) is 0.460. The molecule has 2 fully saturated rings. The number of amides is 7. The number of hydrogen-bond donors (Lipinski definition) is 9. The lowest BCUT2D eigenvalue weighted by molar-refractivity contribution is -0.147. The second-order valence-corrected chi connectivity index (χ2v) is 17.6. The van der Waals surface area contributed by atoms with Crippen molar-refractivity contribution >= 4 is 53.3 Å². The van der Waals surface area contributed by atoms with Crippen LogP contribution < -0.4 is 38.1 Å². The predicted molar refractivity (Wildman–Crippen MR) is 256 cm³/mol. The van der Waals surface area contributed by atoms with Gasteiger partial charge in [-0.1, -0.05) is 91.0 Å². The molecule has 11 N–H and O–H groups in total. The molecule has 2 aliphatic rings. The van der Waals surface area contributed by atoms with Gasteiger partial charge in [-0.3, -0.25) is 38.4 Å². The highest BCUT2D eigenvalue weighted by molar-refractivity contribution is 5.97. The van der Waals surface area contributed by atoms with Gasteiger partial charge >= 0.3 is 11.9 Å². The van der Waals surface area contributed by atoms with Crippen LogP contribution in [-0.4, -0.2) is 142 Å². The lowest BCUT2D eigenvalue weighted by Crippen LogP contribution is -2.59. The standard InChI is InChI=1S/C50H65N9O11/c51-25-11-10-20-36(46(65)57-39(50(69)70)30-34-18-8-3-9-19-34)55-47(66)38(29-33-16-6-2-7-17-33)56-48(67)40-21-12-27-59(40)49(68)41-22-13-26-58(41)42(60)31-53-45(64)37(23-24-43(61)62)54-44(63)35(52)28-32-14-4-1-5-15-32/h1-9,14-19,35-41H,10-13,20-31,51-52H2,(H,53,64)(H,54,63)(H,55,66)(H,56,67)(H,57,65)(H,61,62)(H,69,70)/t35-,36-,37-,38-,39-,40-,41-/m0/s1. The van der Waals surface area contributed by atoms with Crippen LogP contribution in [0.4, 0.5) is 0 Å². The molecular weight excluding hydrogens is 903 g/mol. The number of nitrogens with two attached hydrogens (primary N) is 2. The Labute approximate surface area is 406 Å². The smallest absolute Gasteiger partial charge is 0.326 e. The predicted octanol–water partition coefficient (Wildman–Crippen LogP) is 0.158. The largest absolute Gasteiger partial charge is 0.481 e. The highest BCUT2D eigenvalue weighted by Gasteiger charge is 2.43. The second-order valence-electron chi connectivity index (χ2n) is 17.6. The number of carbonyl (C=O) groups excluding carboxylic acids is 7. The van der Waals surface area contributed by atoms with Crippen LogP contribution >= 0.6 is 0 Å². The van der Waals surface area contributed by atoms with Crippen LogP contribution in [0.2, 0.25) is 0 Å². The van der Waals surface area contributed by atoms with E-state index in [1.165, 1.54) is 9.80 Å². The van der Waals surface area contributed by atoms with Gasteiger partial charge < -0.3 is 58.1 Å². The number of benzene rings is 3. The van der Waals surface area contributed by atoms with E-state index in [1.54, 1.807) is 84.9 Å². The summed E-state index contributed by atoms with van der Waals surface area (Å²) in [5.74, 6) is -7.08. The Kier molecular flexibility index (Phi) is 20.8. The van der Waals surface area contributed by atoms with Crippen molar-refractivity contribution in [1.82, 2.24) is 36.4 Å². The molecule has 7 atom stereocenters. The molecule has 3 aromatic rings. The van der Waals surface area contributed by atoms with Gasteiger partial charge in [-0.15, -0.1) is 0 Å². The number of nitrogens with one attached hydrogen (secondary N) is 5. The number of hydrogen-bond acceptors (Lipinski definition) is 11. The van der Waals surface area contributed by atoms with Crippen molar-refractivity contribution in [3.05, 3.63) is 108 Å². The second kappa shape index (κ2) is 27.1. The molecular formula is C50H65N9O11. The summed E-state index contributed by atoms with van der Waals surface area (Å²) in [6, 6.07) is 18.6. The van der Waals surface area contributed by atoms with E-state index in [1.807, 2.05) is 6.07 Å². The van der Waals surface area contributed by atoms with Crippen molar-refractivity contribution in [2.45, 2.75) is 119 Å². The van der Waals surface area contributed by atoms with Crippen LogP contribution in [0.1, 0.15) is 74.5 Å². The molecule has 0 aliphatic carbocycles. The summed E-state index contributed by atoms with van der Waals surface area (Å²) in [4.78, 5) is 123. The minimum atomic E-state index is -1.32. The van der Waals surface area contributed by atoms with Crippen molar-refractivity contribution in [2.24, 2.45) is 11.5 Å². The molecule has 3 aromatic carbocycles. The van der Waals surface area contributed by atoms with Crippen LogP contribution in [0.5, 0.6) is 0 Å². The van der Waals surface area contributed by atoms with E-state index < -0.39 is 109 Å². The average Bonchev–Trinajstić information content (AvgIpc) is 4.06. The molecule has 70 heavy (non-hydrogen) atoms. The summed E-state index contributed by atoms with van der Waals surface area (Å²) in [5, 5.41) is 32.4. The van der Waals surface area contributed by atoms with Gasteiger partial charge in [0.15, 0.2) is 0 Å². The van der Waals surface area contributed by atoms with Crippen LogP contribution in [0.15, 0.2) is 91.0 Å². The molecule has 0 radical (unpaired) electrons. The minimum absolute atomic E-state index is 0.00165. The van der Waals surface area contributed by atoms with Gasteiger partial charge in [0.05, 0.1) is 12.6 Å². The zero-order chi connectivity index (χ0) is 50.6. The zero-order valence-corrected chi connectivity index (χ0v) is 39.1. The molecule has 20 nitrogen and oxygen atoms in total. The molecule has 2 saturated heterocycles. The Morgan fingerprint density at radius 2 is 1.07 bits per heavy atom. The first-order valence-electron chi connectivity index (χ1n) is 23.8. The fourth-order valence-electron chi connectivity index (χ4n) is 8.66. The summed E-state index contributed by atoms with van der Waals surface area (Å²) in [6.07, 6.45) is 1.99. The average molecular weight is 968 g/mol. The summed E-state index contributed by atoms with van der Waals surface area (Å²) < 4.78 is 0. The maximum atomic E-state index is 14.3. The normalized spacial score (nSPS) is 17.5. The van der Waals surface area contributed by atoms with Gasteiger partial charge in [0.2, 0.25) is 41.4 Å². The molecule has 5 rings (SSSR count). The van der Waals surface area contributed by atoms with Crippen LogP contribution in [0.3, 0.4) is 0 Å². The summed E-state index contributed by atoms with van der Waals surface area (Å²) in [7, 11) is 0. The molecule has 2 aliphatic heterocycles. The topological polar surface area (TPSA) is 313 Å². The van der Waals surface area contributed by atoms with Crippen molar-refractivity contribution in [2.75, 3.05) is 26.2 Å². The molecule has 20 heteroatoms. The molecule has 0 aromatic heterocycles. The first-order chi connectivity index (χ1) is 33.6. The molecule has 0 spiro atoms. The SMILES string of the molecule is NCCCC[C@H](NC(=O)[C@H](Cc1ccccc1)NC(=O)[C@@H]1CCCN1C(=O)[C@@H]1CCCN1C(=O)CNC(=O)[C@H](CCC(=O)O)NC(=O)[C@@H](N)Cc1ccccc1)C(=O)N[C@@H](Cc1ccccc1)C(=O)O. The minimum Gasteiger partial charge on any atom is -0.481 e. The number of aliphatic carboxylic acids is 2. The molecule has 0 bridgehead atoms. The van der Waals surface area contributed by atoms with E-state index in [4.69, 9.17) is 11.5 Å². The Morgan fingerprint density at radius 1 is 0.571 bits per heavy atom. The first-order valence-corrected chi connectivity index (χ1v) is 23.8.